The molecule has 2 aliphatic rings. The second-order valence-electron chi connectivity index (χ2n) is 8.22. The molecule has 2 aliphatic heterocycles. The van der Waals surface area contributed by atoms with Crippen LogP contribution in [0.25, 0.3) is 0 Å². The lowest BCUT2D eigenvalue weighted by atomic mass is 10.0. The molecule has 0 unspecified atom stereocenters. The number of nitrogens with one attached hydrogen (secondary N) is 1. The molecular formula is C21H28N2O5S2. The maximum atomic E-state index is 13.2. The van der Waals surface area contributed by atoms with Gasteiger partial charge in [-0.15, -0.1) is 11.8 Å². The Morgan fingerprint density at radius 1 is 1.33 bits per heavy atom. The minimum atomic E-state index is -1.01. The molecular weight excluding hydrogens is 424 g/mol. The van der Waals surface area contributed by atoms with Crippen molar-refractivity contribution in [2.75, 3.05) is 7.11 Å². The average Bonchev–Trinajstić information content (AvgIpc) is 2.89. The smallest absolute Gasteiger partial charge is 0.327 e. The number of thioether (sulfide) groups is 1. The highest BCUT2D eigenvalue weighted by molar-refractivity contribution is 8.01. The highest BCUT2D eigenvalue weighted by Gasteiger charge is 2.54. The summed E-state index contributed by atoms with van der Waals surface area (Å²) in [5.41, 5.74) is 0.932. The Hall–Kier alpha value is -1.87. The van der Waals surface area contributed by atoms with Gasteiger partial charge in [-0.05, 0) is 57.2 Å². The van der Waals surface area contributed by atoms with Crippen LogP contribution in [-0.4, -0.2) is 62.4 Å². The van der Waals surface area contributed by atoms with E-state index in [4.69, 9.17) is 4.74 Å². The molecule has 2 amide bonds. The van der Waals surface area contributed by atoms with Crippen molar-refractivity contribution in [1.29, 1.82) is 0 Å². The minimum Gasteiger partial charge on any atom is -0.497 e. The minimum absolute atomic E-state index is 0.179. The summed E-state index contributed by atoms with van der Waals surface area (Å²) in [6.45, 7) is 3.70. The van der Waals surface area contributed by atoms with Crippen LogP contribution in [0.3, 0.4) is 0 Å². The Morgan fingerprint density at radius 2 is 2.00 bits per heavy atom. The summed E-state index contributed by atoms with van der Waals surface area (Å²) in [6.07, 6.45) is 2.36. The fourth-order valence-corrected chi connectivity index (χ4v) is 6.09. The first kappa shape index (κ1) is 22.8. The fourth-order valence-electron chi connectivity index (χ4n) is 4.14. The summed E-state index contributed by atoms with van der Waals surface area (Å²) >= 11 is 5.95. The lowest BCUT2D eigenvalue weighted by molar-refractivity contribution is -0.151. The number of methoxy groups -OCH3 is 1. The maximum absolute atomic E-state index is 13.2. The Kier molecular flexibility index (Phi) is 6.91. The Morgan fingerprint density at radius 3 is 2.60 bits per heavy atom. The maximum Gasteiger partial charge on any atom is 0.327 e. The van der Waals surface area contributed by atoms with Gasteiger partial charge < -0.3 is 20.1 Å². The van der Waals surface area contributed by atoms with Gasteiger partial charge in [0.15, 0.2) is 0 Å². The molecule has 30 heavy (non-hydrogen) atoms. The second kappa shape index (κ2) is 9.09. The van der Waals surface area contributed by atoms with Gasteiger partial charge in [-0.25, -0.2) is 4.79 Å². The summed E-state index contributed by atoms with van der Waals surface area (Å²) in [7, 11) is 1.59. The van der Waals surface area contributed by atoms with Crippen LogP contribution in [0, 0.1) is 0 Å². The van der Waals surface area contributed by atoms with Gasteiger partial charge >= 0.3 is 5.97 Å². The number of aliphatic carboxylic acids is 1. The first-order chi connectivity index (χ1) is 14.1. The second-order valence-corrected chi connectivity index (χ2v) is 10.7. The number of ether oxygens (including phenoxy) is 1. The zero-order chi connectivity index (χ0) is 22.1. The van der Waals surface area contributed by atoms with E-state index in [1.807, 2.05) is 38.1 Å². The van der Waals surface area contributed by atoms with E-state index < -0.39 is 28.0 Å². The van der Waals surface area contributed by atoms with Crippen molar-refractivity contribution in [1.82, 2.24) is 10.2 Å². The molecule has 9 heteroatoms. The molecule has 0 aliphatic carbocycles. The van der Waals surface area contributed by atoms with Crippen molar-refractivity contribution < 1.29 is 24.2 Å². The molecule has 0 saturated carbocycles. The zero-order valence-electron chi connectivity index (χ0n) is 17.3. The van der Waals surface area contributed by atoms with Gasteiger partial charge in [0.05, 0.1) is 17.7 Å². The van der Waals surface area contributed by atoms with E-state index in [0.29, 0.717) is 19.3 Å². The lowest BCUT2D eigenvalue weighted by Gasteiger charge is -2.31. The molecule has 3 rings (SSSR count). The number of hydrogen-bond donors (Lipinski definition) is 3. The molecule has 7 nitrogen and oxygen atoms in total. The quantitative estimate of drug-likeness (QED) is 0.574. The molecule has 4 atom stereocenters. The molecule has 0 aromatic heterocycles. The van der Waals surface area contributed by atoms with Crippen LogP contribution in [0.5, 0.6) is 5.75 Å². The van der Waals surface area contributed by atoms with Crippen LogP contribution in [0.2, 0.25) is 0 Å². The fraction of sp³-hybridized carbons (Fsp3) is 0.571. The van der Waals surface area contributed by atoms with Crippen molar-refractivity contribution >= 4 is 42.2 Å². The van der Waals surface area contributed by atoms with Gasteiger partial charge in [-0.3, -0.25) is 9.59 Å². The van der Waals surface area contributed by atoms with Gasteiger partial charge in [-0.2, -0.15) is 12.6 Å². The third-order valence-corrected chi connectivity index (χ3v) is 7.61. The monoisotopic (exact) mass is 452 g/mol. The summed E-state index contributed by atoms with van der Waals surface area (Å²) in [5.74, 6) is -0.927. The SMILES string of the molecule is COc1ccc(C[C@H](S)C(=O)N[C@H]2CCC[C@H]3SC(C)(C)[C@@H](C(=O)O)N3C2=O)cc1. The third-order valence-electron chi connectivity index (χ3n) is 5.62. The van der Waals surface area contributed by atoms with Crippen LogP contribution in [0.4, 0.5) is 0 Å². The van der Waals surface area contributed by atoms with Crippen LogP contribution < -0.4 is 10.1 Å². The van der Waals surface area contributed by atoms with Gasteiger partial charge in [-0.1, -0.05) is 12.1 Å². The largest absolute Gasteiger partial charge is 0.497 e. The Balaban J connectivity index is 1.68. The number of hydrogen-bond acceptors (Lipinski definition) is 6. The Bertz CT molecular complexity index is 814. The Labute approximate surface area is 186 Å². The van der Waals surface area contributed by atoms with Gasteiger partial charge in [0.25, 0.3) is 0 Å². The van der Waals surface area contributed by atoms with E-state index in [-0.39, 0.29) is 17.2 Å². The van der Waals surface area contributed by atoms with Crippen molar-refractivity contribution in [2.45, 2.75) is 67.0 Å². The summed E-state index contributed by atoms with van der Waals surface area (Å²) in [6, 6.07) is 5.74. The van der Waals surface area contributed by atoms with E-state index in [9.17, 15) is 19.5 Å². The number of carboxylic acid groups (broad SMARTS) is 1. The average molecular weight is 453 g/mol. The van der Waals surface area contributed by atoms with Crippen molar-refractivity contribution in [3.8, 4) is 5.75 Å². The van der Waals surface area contributed by atoms with Gasteiger partial charge in [0.2, 0.25) is 11.8 Å². The van der Waals surface area contributed by atoms with Crippen molar-refractivity contribution in [3.63, 3.8) is 0 Å². The molecule has 1 aromatic rings. The molecule has 2 N–H and O–H groups in total. The zero-order valence-corrected chi connectivity index (χ0v) is 19.0. The van der Waals surface area contributed by atoms with Crippen LogP contribution in [0.1, 0.15) is 38.7 Å². The lowest BCUT2D eigenvalue weighted by Crippen LogP contribution is -2.56. The highest BCUT2D eigenvalue weighted by atomic mass is 32.2. The highest BCUT2D eigenvalue weighted by Crippen LogP contribution is 2.47. The number of thiol groups is 1. The van der Waals surface area contributed by atoms with E-state index in [2.05, 4.69) is 17.9 Å². The van der Waals surface area contributed by atoms with Crippen LogP contribution >= 0.6 is 24.4 Å². The van der Waals surface area contributed by atoms with E-state index in [1.54, 1.807) is 7.11 Å². The molecule has 2 heterocycles. The number of amides is 2. The van der Waals surface area contributed by atoms with E-state index >= 15 is 0 Å². The third kappa shape index (κ3) is 4.72. The molecule has 2 fully saturated rings. The normalized spacial score (nSPS) is 26.5. The van der Waals surface area contributed by atoms with Gasteiger partial charge in [0, 0.05) is 4.75 Å². The number of carboxylic acids is 1. The number of fused-ring (bicyclic) bond motifs is 1. The van der Waals surface area contributed by atoms with E-state index in [0.717, 1.165) is 17.7 Å². The predicted molar refractivity (Wildman–Crippen MR) is 119 cm³/mol. The summed E-state index contributed by atoms with van der Waals surface area (Å²) < 4.78 is 4.55. The molecule has 0 spiro atoms. The van der Waals surface area contributed by atoms with Crippen molar-refractivity contribution in [2.24, 2.45) is 0 Å². The molecule has 0 bridgehead atoms. The number of rotatable bonds is 6. The number of nitrogens with zero attached hydrogens (tertiary/aromatic N) is 1. The molecule has 164 valence electrons. The van der Waals surface area contributed by atoms with Crippen LogP contribution in [-0.2, 0) is 20.8 Å². The first-order valence-electron chi connectivity index (χ1n) is 9.98. The number of benzene rings is 1. The first-order valence-corrected chi connectivity index (χ1v) is 11.4. The van der Waals surface area contributed by atoms with Gasteiger partial charge in [0.1, 0.15) is 17.8 Å². The molecule has 0 radical (unpaired) electrons. The van der Waals surface area contributed by atoms with Crippen molar-refractivity contribution in [3.05, 3.63) is 29.8 Å². The summed E-state index contributed by atoms with van der Waals surface area (Å²) in [5, 5.41) is 11.8. The summed E-state index contributed by atoms with van der Waals surface area (Å²) in [4.78, 5) is 39.3. The predicted octanol–water partition coefficient (Wildman–Crippen LogP) is 2.34. The topological polar surface area (TPSA) is 95.9 Å². The number of carbonyl (C=O) groups excluding carboxylic acids is 2. The van der Waals surface area contributed by atoms with Crippen LogP contribution in [0.15, 0.2) is 24.3 Å². The number of carbonyl (C=O) groups is 3. The molecule has 2 saturated heterocycles. The molecule has 1 aromatic carbocycles. The van der Waals surface area contributed by atoms with E-state index in [1.165, 1.54) is 16.7 Å². The standard InChI is InChI=1S/C21H28N2O5S2/c1-21(2)17(20(26)27)23-16(30-21)6-4-5-14(19(23)25)22-18(24)15(29)11-12-7-9-13(28-3)10-8-12/h7-10,14-17,29H,4-6,11H2,1-3H3,(H,22,24)(H,26,27)/t14-,15-,16+,17+/m0/s1.